The van der Waals surface area contributed by atoms with E-state index < -0.39 is 0 Å². The van der Waals surface area contributed by atoms with Gasteiger partial charge in [0, 0.05) is 18.7 Å². The van der Waals surface area contributed by atoms with Crippen molar-refractivity contribution in [3.63, 3.8) is 0 Å². The molecule has 1 heterocycles. The number of piperidine rings is 1. The van der Waals surface area contributed by atoms with Crippen LogP contribution in [0.2, 0.25) is 0 Å². The number of hydrogen-bond donors (Lipinski definition) is 1. The fourth-order valence-electron chi connectivity index (χ4n) is 3.49. The molecule has 3 unspecified atom stereocenters. The van der Waals surface area contributed by atoms with Gasteiger partial charge in [-0.3, -0.25) is 0 Å². The van der Waals surface area contributed by atoms with Crippen LogP contribution in [0.15, 0.2) is 0 Å². The summed E-state index contributed by atoms with van der Waals surface area (Å²) in [7, 11) is 4.34. The minimum absolute atomic E-state index is 0.456. The third-order valence-electron chi connectivity index (χ3n) is 4.78. The van der Waals surface area contributed by atoms with E-state index in [1.807, 2.05) is 0 Å². The van der Waals surface area contributed by atoms with Crippen LogP contribution in [0.25, 0.3) is 0 Å². The highest BCUT2D eigenvalue weighted by Crippen LogP contribution is 2.22. The van der Waals surface area contributed by atoms with Crippen molar-refractivity contribution in [2.75, 3.05) is 27.2 Å². The maximum absolute atomic E-state index is 6.15. The summed E-state index contributed by atoms with van der Waals surface area (Å²) in [6.07, 6.45) is 11.0. The molecule has 3 heteroatoms. The number of likely N-dealkylation sites (N-methyl/N-ethyl adjacent to an activating group) is 1. The molecule has 0 aromatic rings. The lowest BCUT2D eigenvalue weighted by atomic mass is 9.92. The van der Waals surface area contributed by atoms with E-state index in [9.17, 15) is 0 Å². The van der Waals surface area contributed by atoms with Crippen molar-refractivity contribution < 1.29 is 4.74 Å². The second kappa shape index (κ2) is 7.46. The van der Waals surface area contributed by atoms with Crippen molar-refractivity contribution in [3.05, 3.63) is 0 Å². The molecule has 2 fully saturated rings. The Morgan fingerprint density at radius 3 is 2.67 bits per heavy atom. The summed E-state index contributed by atoms with van der Waals surface area (Å²) >= 11 is 0. The van der Waals surface area contributed by atoms with Gasteiger partial charge < -0.3 is 15.0 Å². The first-order chi connectivity index (χ1) is 8.81. The number of ether oxygens (including phenoxy) is 1. The van der Waals surface area contributed by atoms with Crippen LogP contribution < -0.4 is 5.32 Å². The molecular weight excluding hydrogens is 224 g/mol. The van der Waals surface area contributed by atoms with Crippen LogP contribution in [0, 0.1) is 0 Å². The zero-order chi connectivity index (χ0) is 12.8. The van der Waals surface area contributed by atoms with E-state index in [-0.39, 0.29) is 0 Å². The summed E-state index contributed by atoms with van der Waals surface area (Å²) in [5.41, 5.74) is 0. The molecule has 2 aliphatic rings. The topological polar surface area (TPSA) is 24.5 Å². The van der Waals surface area contributed by atoms with Crippen LogP contribution in [0.1, 0.15) is 51.4 Å². The minimum Gasteiger partial charge on any atom is -0.377 e. The van der Waals surface area contributed by atoms with E-state index in [2.05, 4.69) is 24.3 Å². The highest BCUT2D eigenvalue weighted by atomic mass is 16.5. The maximum Gasteiger partial charge on any atom is 0.0727 e. The molecule has 0 aromatic carbocycles. The Hall–Kier alpha value is -0.120. The Kier molecular flexibility index (Phi) is 5.93. The van der Waals surface area contributed by atoms with Gasteiger partial charge in [-0.15, -0.1) is 0 Å². The van der Waals surface area contributed by atoms with Gasteiger partial charge in [-0.25, -0.2) is 0 Å². The van der Waals surface area contributed by atoms with Gasteiger partial charge in [-0.2, -0.15) is 0 Å². The first-order valence-electron chi connectivity index (χ1n) is 7.80. The molecule has 3 atom stereocenters. The summed E-state index contributed by atoms with van der Waals surface area (Å²) in [5, 5.41) is 3.42. The fourth-order valence-corrected chi connectivity index (χ4v) is 3.49. The molecule has 0 bridgehead atoms. The van der Waals surface area contributed by atoms with Crippen molar-refractivity contribution in [2.24, 2.45) is 0 Å². The molecule has 0 spiro atoms. The average Bonchev–Trinajstić information content (AvgIpc) is 2.41. The molecule has 0 radical (unpaired) electrons. The molecule has 1 N–H and O–H groups in total. The molecule has 0 aromatic heterocycles. The molecule has 2 rings (SSSR count). The van der Waals surface area contributed by atoms with Crippen LogP contribution in [0.3, 0.4) is 0 Å². The summed E-state index contributed by atoms with van der Waals surface area (Å²) < 4.78 is 6.15. The maximum atomic E-state index is 6.15. The Morgan fingerprint density at radius 1 is 1.11 bits per heavy atom. The van der Waals surface area contributed by atoms with Crippen molar-refractivity contribution in [3.8, 4) is 0 Å². The van der Waals surface area contributed by atoms with Gasteiger partial charge in [0.2, 0.25) is 0 Å². The Bertz CT molecular complexity index is 235. The summed E-state index contributed by atoms with van der Waals surface area (Å²) in [4.78, 5) is 2.52. The average molecular weight is 254 g/mol. The lowest BCUT2D eigenvalue weighted by Gasteiger charge is -2.34. The summed E-state index contributed by atoms with van der Waals surface area (Å²) in [6, 6.07) is 1.35. The van der Waals surface area contributed by atoms with E-state index in [0.29, 0.717) is 12.1 Å². The molecule has 106 valence electrons. The minimum atomic E-state index is 0.456. The van der Waals surface area contributed by atoms with Gasteiger partial charge in [0.1, 0.15) is 0 Å². The second-order valence-electron chi connectivity index (χ2n) is 6.01. The van der Waals surface area contributed by atoms with Crippen molar-refractivity contribution in [1.29, 1.82) is 0 Å². The largest absolute Gasteiger partial charge is 0.377 e. The van der Waals surface area contributed by atoms with Gasteiger partial charge in [0.05, 0.1) is 6.10 Å². The standard InChI is InChI=1S/C15H30N2O/c1-16-14-8-3-4-9-15(14)18-12-10-13-7-5-6-11-17(13)2/h13-16H,3-12H2,1-2H3. The number of likely N-dealkylation sites (tertiary alicyclic amines) is 1. The zero-order valence-electron chi connectivity index (χ0n) is 12.2. The highest BCUT2D eigenvalue weighted by molar-refractivity contribution is 4.81. The SMILES string of the molecule is CNC1CCCCC1OCCC1CCCCN1C. The van der Waals surface area contributed by atoms with Crippen molar-refractivity contribution in [1.82, 2.24) is 10.2 Å². The van der Waals surface area contributed by atoms with Crippen molar-refractivity contribution in [2.45, 2.75) is 69.6 Å². The normalized spacial score (nSPS) is 34.7. The first kappa shape index (κ1) is 14.3. The predicted molar refractivity (Wildman–Crippen MR) is 75.9 cm³/mol. The zero-order valence-corrected chi connectivity index (χ0v) is 12.2. The van der Waals surface area contributed by atoms with Crippen molar-refractivity contribution >= 4 is 0 Å². The number of rotatable bonds is 5. The Labute approximate surface area is 112 Å². The molecule has 1 aliphatic carbocycles. The van der Waals surface area contributed by atoms with Crippen LogP contribution in [-0.2, 0) is 4.74 Å². The summed E-state index contributed by atoms with van der Waals surface area (Å²) in [5.74, 6) is 0. The molecule has 18 heavy (non-hydrogen) atoms. The molecule has 0 amide bonds. The quantitative estimate of drug-likeness (QED) is 0.815. The van der Waals surface area contributed by atoms with Gasteiger partial charge in [0.15, 0.2) is 0 Å². The van der Waals surface area contributed by atoms with Crippen LogP contribution in [-0.4, -0.2) is 50.3 Å². The van der Waals surface area contributed by atoms with Gasteiger partial charge in [-0.05, 0) is 52.7 Å². The van der Waals surface area contributed by atoms with Gasteiger partial charge in [-0.1, -0.05) is 19.3 Å². The molecular formula is C15H30N2O. The van der Waals surface area contributed by atoms with E-state index in [0.717, 1.165) is 12.6 Å². The van der Waals surface area contributed by atoms with E-state index in [4.69, 9.17) is 4.74 Å². The Morgan fingerprint density at radius 2 is 1.89 bits per heavy atom. The summed E-state index contributed by atoms with van der Waals surface area (Å²) in [6.45, 7) is 2.21. The third kappa shape index (κ3) is 3.94. The predicted octanol–water partition coefficient (Wildman–Crippen LogP) is 2.41. The fraction of sp³-hybridized carbons (Fsp3) is 1.00. The molecule has 1 saturated carbocycles. The number of nitrogens with one attached hydrogen (secondary N) is 1. The van der Waals surface area contributed by atoms with Gasteiger partial charge >= 0.3 is 0 Å². The first-order valence-corrected chi connectivity index (χ1v) is 7.80. The molecule has 1 saturated heterocycles. The van der Waals surface area contributed by atoms with Crippen LogP contribution in [0.5, 0.6) is 0 Å². The third-order valence-corrected chi connectivity index (χ3v) is 4.78. The van der Waals surface area contributed by atoms with Crippen LogP contribution in [0.4, 0.5) is 0 Å². The number of nitrogens with zero attached hydrogens (tertiary/aromatic N) is 1. The second-order valence-corrected chi connectivity index (χ2v) is 6.01. The molecule has 3 nitrogen and oxygen atoms in total. The van der Waals surface area contributed by atoms with E-state index in [1.165, 1.54) is 57.9 Å². The molecule has 1 aliphatic heterocycles. The lowest BCUT2D eigenvalue weighted by Crippen LogP contribution is -2.42. The number of hydrogen-bond acceptors (Lipinski definition) is 3. The monoisotopic (exact) mass is 254 g/mol. The Balaban J connectivity index is 1.67. The highest BCUT2D eigenvalue weighted by Gasteiger charge is 2.25. The smallest absolute Gasteiger partial charge is 0.0727 e. The van der Waals surface area contributed by atoms with E-state index >= 15 is 0 Å². The van der Waals surface area contributed by atoms with Gasteiger partial charge in [0.25, 0.3) is 0 Å². The van der Waals surface area contributed by atoms with E-state index in [1.54, 1.807) is 0 Å². The lowest BCUT2D eigenvalue weighted by molar-refractivity contribution is -0.00437. The van der Waals surface area contributed by atoms with Crippen LogP contribution >= 0.6 is 0 Å².